The molecule has 0 aromatic heterocycles. The van der Waals surface area contributed by atoms with E-state index in [9.17, 15) is 13.6 Å². The van der Waals surface area contributed by atoms with Crippen molar-refractivity contribution in [3.05, 3.63) is 64.3 Å². The predicted octanol–water partition coefficient (Wildman–Crippen LogP) is 4.26. The minimum atomic E-state index is -2.96. The molecule has 0 unspecified atom stereocenters. The lowest BCUT2D eigenvalue weighted by molar-refractivity contribution is -0.129. The first-order valence-electron chi connectivity index (χ1n) is 8.10. The molecule has 5 nitrogen and oxygen atoms in total. The van der Waals surface area contributed by atoms with E-state index in [0.717, 1.165) is 11.1 Å². The molecule has 2 aromatic carbocycles. The summed E-state index contributed by atoms with van der Waals surface area (Å²) in [4.78, 5) is 16.4. The van der Waals surface area contributed by atoms with Gasteiger partial charge in [0, 0.05) is 5.56 Å². The Bertz CT molecular complexity index is 951. The average Bonchev–Trinajstić information content (AvgIpc) is 2.99. The number of methoxy groups -OCH3 is 1. The number of carbonyl (C=O) groups is 1. The molecule has 0 amide bonds. The van der Waals surface area contributed by atoms with Gasteiger partial charge in [0.1, 0.15) is 0 Å². The fraction of sp³-hybridized carbons (Fsp3) is 0.200. The second-order valence-corrected chi connectivity index (χ2v) is 5.92. The Balaban J connectivity index is 1.91. The van der Waals surface area contributed by atoms with Crippen molar-refractivity contribution in [1.82, 2.24) is 0 Å². The number of carbonyl (C=O) groups excluding carboxylic acids is 1. The van der Waals surface area contributed by atoms with Gasteiger partial charge >= 0.3 is 12.6 Å². The van der Waals surface area contributed by atoms with Crippen molar-refractivity contribution in [2.75, 3.05) is 7.11 Å². The Labute approximate surface area is 154 Å². The summed E-state index contributed by atoms with van der Waals surface area (Å²) >= 11 is 0. The van der Waals surface area contributed by atoms with Gasteiger partial charge in [0.15, 0.2) is 17.2 Å². The van der Waals surface area contributed by atoms with Crippen LogP contribution in [0.2, 0.25) is 0 Å². The molecule has 3 rings (SSSR count). The molecular weight excluding hydrogens is 356 g/mol. The number of benzene rings is 2. The molecule has 0 saturated heterocycles. The van der Waals surface area contributed by atoms with Crippen LogP contribution >= 0.6 is 0 Å². The molecule has 2 aromatic rings. The maximum Gasteiger partial charge on any atom is 0.387 e. The van der Waals surface area contributed by atoms with Crippen LogP contribution in [0.1, 0.15) is 22.3 Å². The lowest BCUT2D eigenvalue weighted by Crippen LogP contribution is -2.05. The fourth-order valence-corrected chi connectivity index (χ4v) is 2.53. The van der Waals surface area contributed by atoms with Gasteiger partial charge in [-0.2, -0.15) is 8.78 Å². The lowest BCUT2D eigenvalue weighted by Gasteiger charge is -2.10. The van der Waals surface area contributed by atoms with Crippen LogP contribution in [0.5, 0.6) is 11.5 Å². The minimum absolute atomic E-state index is 0.0945. The zero-order valence-electron chi connectivity index (χ0n) is 15.0. The number of alkyl halides is 2. The Morgan fingerprint density at radius 3 is 2.52 bits per heavy atom. The maximum atomic E-state index is 12.4. The Hall–Kier alpha value is -3.22. The van der Waals surface area contributed by atoms with Crippen LogP contribution in [0.3, 0.4) is 0 Å². The molecule has 1 aliphatic rings. The van der Waals surface area contributed by atoms with Crippen LogP contribution in [-0.2, 0) is 9.53 Å². The number of aryl methyl sites for hydroxylation is 2. The molecule has 0 N–H and O–H groups in total. The van der Waals surface area contributed by atoms with Crippen LogP contribution in [-0.4, -0.2) is 25.6 Å². The number of ether oxygens (including phenoxy) is 3. The smallest absolute Gasteiger partial charge is 0.387 e. The Morgan fingerprint density at radius 1 is 1.07 bits per heavy atom. The second-order valence-electron chi connectivity index (χ2n) is 5.92. The lowest BCUT2D eigenvalue weighted by atomic mass is 10.1. The molecule has 140 valence electrons. The van der Waals surface area contributed by atoms with Crippen LogP contribution in [0.4, 0.5) is 8.78 Å². The minimum Gasteiger partial charge on any atom is -0.493 e. The van der Waals surface area contributed by atoms with Crippen LogP contribution in [0, 0.1) is 13.8 Å². The van der Waals surface area contributed by atoms with Crippen molar-refractivity contribution in [3.8, 4) is 11.5 Å². The highest BCUT2D eigenvalue weighted by molar-refractivity contribution is 6.12. The van der Waals surface area contributed by atoms with Crippen molar-refractivity contribution in [3.63, 3.8) is 0 Å². The van der Waals surface area contributed by atoms with Crippen LogP contribution in [0.15, 0.2) is 47.1 Å². The number of halogens is 2. The third-order valence-electron chi connectivity index (χ3n) is 4.08. The summed E-state index contributed by atoms with van der Waals surface area (Å²) in [7, 11) is 1.34. The van der Waals surface area contributed by atoms with Gasteiger partial charge in [0.2, 0.25) is 5.90 Å². The highest BCUT2D eigenvalue weighted by Crippen LogP contribution is 2.31. The SMILES string of the molecule is COc1cc(/C=C2\N=C(c3ccc(C)c(C)c3)OC2=O)ccc1OC(F)F. The Morgan fingerprint density at radius 2 is 1.85 bits per heavy atom. The number of hydrogen-bond donors (Lipinski definition) is 0. The molecule has 1 heterocycles. The molecule has 0 bridgehead atoms. The highest BCUT2D eigenvalue weighted by Gasteiger charge is 2.24. The quantitative estimate of drug-likeness (QED) is 0.581. The number of esters is 1. The van der Waals surface area contributed by atoms with E-state index < -0.39 is 12.6 Å². The van der Waals surface area contributed by atoms with E-state index in [4.69, 9.17) is 9.47 Å². The number of cyclic esters (lactones) is 1. The predicted molar refractivity (Wildman–Crippen MR) is 96.1 cm³/mol. The highest BCUT2D eigenvalue weighted by atomic mass is 19.3. The van der Waals surface area contributed by atoms with E-state index in [1.54, 1.807) is 0 Å². The zero-order chi connectivity index (χ0) is 19.6. The van der Waals surface area contributed by atoms with E-state index in [-0.39, 0.29) is 23.1 Å². The topological polar surface area (TPSA) is 57.1 Å². The van der Waals surface area contributed by atoms with Crippen molar-refractivity contribution >= 4 is 17.9 Å². The summed E-state index contributed by atoms with van der Waals surface area (Å²) in [5.41, 5.74) is 3.52. The van der Waals surface area contributed by atoms with Crippen molar-refractivity contribution in [1.29, 1.82) is 0 Å². The van der Waals surface area contributed by atoms with E-state index in [2.05, 4.69) is 9.73 Å². The molecule has 0 atom stereocenters. The molecule has 0 radical (unpaired) electrons. The van der Waals surface area contributed by atoms with E-state index in [1.165, 1.54) is 31.4 Å². The number of hydrogen-bond acceptors (Lipinski definition) is 5. The largest absolute Gasteiger partial charge is 0.493 e. The molecule has 1 aliphatic heterocycles. The van der Waals surface area contributed by atoms with Crippen molar-refractivity contribution < 1.29 is 27.8 Å². The first-order valence-corrected chi connectivity index (χ1v) is 8.10. The second kappa shape index (κ2) is 7.57. The summed E-state index contributed by atoms with van der Waals surface area (Å²) in [6, 6.07) is 9.98. The van der Waals surface area contributed by atoms with Crippen molar-refractivity contribution in [2.24, 2.45) is 4.99 Å². The number of nitrogens with zero attached hydrogens (tertiary/aromatic N) is 1. The number of rotatable bonds is 5. The Kier molecular flexibility index (Phi) is 5.21. The third kappa shape index (κ3) is 4.13. The molecular formula is C20H17F2NO4. The van der Waals surface area contributed by atoms with Gasteiger partial charge in [-0.25, -0.2) is 9.79 Å². The maximum absolute atomic E-state index is 12.4. The molecule has 27 heavy (non-hydrogen) atoms. The van der Waals surface area contributed by atoms with Gasteiger partial charge in [-0.1, -0.05) is 12.1 Å². The van der Waals surface area contributed by atoms with Gasteiger partial charge in [0.25, 0.3) is 0 Å². The van der Waals surface area contributed by atoms with E-state index in [0.29, 0.717) is 11.1 Å². The van der Waals surface area contributed by atoms with Crippen LogP contribution < -0.4 is 9.47 Å². The molecule has 0 saturated carbocycles. The fourth-order valence-electron chi connectivity index (χ4n) is 2.53. The summed E-state index contributed by atoms with van der Waals surface area (Å²) in [6.45, 7) is 0.988. The van der Waals surface area contributed by atoms with E-state index in [1.807, 2.05) is 32.0 Å². The summed E-state index contributed by atoms with van der Waals surface area (Å²) in [5.74, 6) is -0.341. The third-order valence-corrected chi connectivity index (χ3v) is 4.08. The van der Waals surface area contributed by atoms with Crippen molar-refractivity contribution in [2.45, 2.75) is 20.5 Å². The summed E-state index contributed by atoms with van der Waals surface area (Å²) in [6.07, 6.45) is 1.49. The number of aliphatic imine (C=N–C) groups is 1. The summed E-state index contributed by atoms with van der Waals surface area (Å²) < 4.78 is 39.5. The zero-order valence-corrected chi connectivity index (χ0v) is 15.0. The standard InChI is InChI=1S/C20H17F2NO4/c1-11-4-6-14(8-12(11)2)18-23-15(19(24)27-18)9-13-5-7-16(26-20(21)22)17(10-13)25-3/h4-10,20H,1-3H3/b15-9-. The first kappa shape index (κ1) is 18.6. The van der Waals surface area contributed by atoms with Gasteiger partial charge in [-0.05, 0) is 60.9 Å². The van der Waals surface area contributed by atoms with Gasteiger partial charge in [-0.15, -0.1) is 0 Å². The first-order chi connectivity index (χ1) is 12.9. The van der Waals surface area contributed by atoms with Gasteiger partial charge in [0.05, 0.1) is 7.11 Å². The molecule has 0 spiro atoms. The average molecular weight is 373 g/mol. The van der Waals surface area contributed by atoms with E-state index >= 15 is 0 Å². The summed E-state index contributed by atoms with van der Waals surface area (Å²) in [5, 5.41) is 0. The van der Waals surface area contributed by atoms with Gasteiger partial charge in [-0.3, -0.25) is 0 Å². The molecule has 0 aliphatic carbocycles. The molecule has 7 heteroatoms. The van der Waals surface area contributed by atoms with Crippen LogP contribution in [0.25, 0.3) is 6.08 Å². The normalized spacial score (nSPS) is 15.1. The monoisotopic (exact) mass is 373 g/mol. The van der Waals surface area contributed by atoms with Gasteiger partial charge < -0.3 is 14.2 Å². The molecule has 0 fully saturated rings.